The number of thioether (sulfide) groups is 1. The third-order valence-electron chi connectivity index (χ3n) is 2.96. The molecule has 1 aliphatic rings. The van der Waals surface area contributed by atoms with Crippen molar-refractivity contribution in [1.29, 1.82) is 0 Å². The quantitative estimate of drug-likeness (QED) is 0.629. The Morgan fingerprint density at radius 1 is 1.24 bits per heavy atom. The second-order valence-corrected chi connectivity index (χ2v) is 5.63. The van der Waals surface area contributed by atoms with Crippen molar-refractivity contribution in [2.45, 2.75) is 25.7 Å². The van der Waals surface area contributed by atoms with E-state index < -0.39 is 0 Å². The van der Waals surface area contributed by atoms with Gasteiger partial charge in [0, 0.05) is 44.1 Å². The lowest BCUT2D eigenvalue weighted by Gasteiger charge is -2.25. The fourth-order valence-electron chi connectivity index (χ4n) is 1.87. The molecule has 0 aliphatic carbocycles. The number of hydrogen-bond donors (Lipinski definition) is 2. The first-order chi connectivity index (χ1) is 8.33. The van der Waals surface area contributed by atoms with Crippen molar-refractivity contribution in [3.05, 3.63) is 0 Å². The van der Waals surface area contributed by atoms with E-state index in [1.165, 1.54) is 11.5 Å². The number of nitrogens with one attached hydrogen (secondary N) is 1. The summed E-state index contributed by atoms with van der Waals surface area (Å²) in [5.41, 5.74) is 5.40. The van der Waals surface area contributed by atoms with Gasteiger partial charge in [-0.05, 0) is 19.4 Å². The fourth-order valence-corrected chi connectivity index (χ4v) is 2.85. The number of amides is 1. The molecule has 0 saturated carbocycles. The molecule has 1 heterocycles. The highest BCUT2D eigenvalue weighted by atomic mass is 32.2. The van der Waals surface area contributed by atoms with Gasteiger partial charge in [-0.3, -0.25) is 9.69 Å². The Hall–Kier alpha value is -0.260. The van der Waals surface area contributed by atoms with Gasteiger partial charge >= 0.3 is 0 Å². The molecule has 5 heteroatoms. The number of carbonyl (C=O) groups is 1. The predicted molar refractivity (Wildman–Crippen MR) is 74.3 cm³/mol. The van der Waals surface area contributed by atoms with E-state index in [-0.39, 0.29) is 5.91 Å². The molecule has 1 amide bonds. The summed E-state index contributed by atoms with van der Waals surface area (Å²) in [6.07, 6.45) is 3.70. The van der Waals surface area contributed by atoms with Crippen LogP contribution in [0, 0.1) is 0 Å². The van der Waals surface area contributed by atoms with Gasteiger partial charge in [0.25, 0.3) is 0 Å². The molecule has 100 valence electrons. The van der Waals surface area contributed by atoms with Crippen molar-refractivity contribution in [1.82, 2.24) is 10.2 Å². The average molecular weight is 259 g/mol. The highest BCUT2D eigenvalue weighted by Crippen LogP contribution is 2.07. The van der Waals surface area contributed by atoms with Gasteiger partial charge in [0.1, 0.15) is 0 Å². The maximum Gasteiger partial charge on any atom is 0.220 e. The number of nitrogens with zero attached hydrogens (tertiary/aromatic N) is 1. The molecule has 1 rings (SSSR count). The molecular weight excluding hydrogens is 234 g/mol. The van der Waals surface area contributed by atoms with Crippen molar-refractivity contribution in [3.63, 3.8) is 0 Å². The van der Waals surface area contributed by atoms with Gasteiger partial charge in [0.15, 0.2) is 0 Å². The second-order valence-electron chi connectivity index (χ2n) is 4.40. The summed E-state index contributed by atoms with van der Waals surface area (Å²) < 4.78 is 0. The van der Waals surface area contributed by atoms with Crippen molar-refractivity contribution in [2.75, 3.05) is 44.2 Å². The van der Waals surface area contributed by atoms with E-state index in [0.29, 0.717) is 6.42 Å². The number of nitrogens with two attached hydrogens (primary N) is 1. The van der Waals surface area contributed by atoms with E-state index in [4.69, 9.17) is 5.73 Å². The topological polar surface area (TPSA) is 58.4 Å². The molecule has 1 fully saturated rings. The molecule has 17 heavy (non-hydrogen) atoms. The van der Waals surface area contributed by atoms with Crippen LogP contribution in [0.4, 0.5) is 0 Å². The van der Waals surface area contributed by atoms with E-state index in [1.54, 1.807) is 0 Å². The van der Waals surface area contributed by atoms with Gasteiger partial charge in [-0.1, -0.05) is 6.42 Å². The van der Waals surface area contributed by atoms with Crippen molar-refractivity contribution < 1.29 is 4.79 Å². The molecule has 1 saturated heterocycles. The Labute approximate surface area is 109 Å². The first-order valence-electron chi connectivity index (χ1n) is 6.60. The van der Waals surface area contributed by atoms with Crippen molar-refractivity contribution in [3.8, 4) is 0 Å². The molecule has 0 aromatic rings. The standard InChI is InChI=1S/C12H25N3OS/c13-5-3-1-2-4-12(16)14-6-7-15-8-10-17-11-9-15/h1-11,13H2,(H,14,16). The predicted octanol–water partition coefficient (Wildman–Crippen LogP) is 0.671. The molecule has 0 bridgehead atoms. The maximum absolute atomic E-state index is 11.5. The molecule has 3 N–H and O–H groups in total. The average Bonchev–Trinajstić information content (AvgIpc) is 2.36. The number of hydrogen-bond acceptors (Lipinski definition) is 4. The summed E-state index contributed by atoms with van der Waals surface area (Å²) in [7, 11) is 0. The van der Waals surface area contributed by atoms with E-state index >= 15 is 0 Å². The van der Waals surface area contributed by atoms with Crippen LogP contribution in [0.25, 0.3) is 0 Å². The first kappa shape index (κ1) is 14.8. The van der Waals surface area contributed by atoms with Crippen LogP contribution in [0.1, 0.15) is 25.7 Å². The van der Waals surface area contributed by atoms with E-state index in [2.05, 4.69) is 10.2 Å². The van der Waals surface area contributed by atoms with Crippen molar-refractivity contribution >= 4 is 17.7 Å². The molecule has 0 radical (unpaired) electrons. The Morgan fingerprint density at radius 2 is 2.00 bits per heavy atom. The smallest absolute Gasteiger partial charge is 0.220 e. The third kappa shape index (κ3) is 7.63. The Morgan fingerprint density at radius 3 is 2.71 bits per heavy atom. The van der Waals surface area contributed by atoms with Gasteiger partial charge in [-0.25, -0.2) is 0 Å². The second kappa shape index (κ2) is 9.74. The van der Waals surface area contributed by atoms with Crippen LogP contribution in [0.3, 0.4) is 0 Å². The number of unbranched alkanes of at least 4 members (excludes halogenated alkanes) is 2. The van der Waals surface area contributed by atoms with Crippen LogP contribution in [-0.4, -0.2) is 55.0 Å². The van der Waals surface area contributed by atoms with Crippen LogP contribution >= 0.6 is 11.8 Å². The van der Waals surface area contributed by atoms with Crippen LogP contribution in [0.15, 0.2) is 0 Å². The normalized spacial score (nSPS) is 17.0. The van der Waals surface area contributed by atoms with Gasteiger partial charge in [0.05, 0.1) is 0 Å². The molecule has 0 aromatic carbocycles. The number of carbonyl (C=O) groups excluding carboxylic acids is 1. The minimum absolute atomic E-state index is 0.188. The molecule has 0 unspecified atom stereocenters. The minimum Gasteiger partial charge on any atom is -0.355 e. The summed E-state index contributed by atoms with van der Waals surface area (Å²) in [6.45, 7) is 4.85. The van der Waals surface area contributed by atoms with Crippen molar-refractivity contribution in [2.24, 2.45) is 5.73 Å². The van der Waals surface area contributed by atoms with Gasteiger partial charge in [-0.15, -0.1) is 0 Å². The van der Waals surface area contributed by atoms with Crippen LogP contribution < -0.4 is 11.1 Å². The zero-order chi connectivity index (χ0) is 12.3. The summed E-state index contributed by atoms with van der Waals surface area (Å²) in [5, 5.41) is 2.99. The largest absolute Gasteiger partial charge is 0.355 e. The maximum atomic E-state index is 11.5. The van der Waals surface area contributed by atoms with Gasteiger partial charge in [-0.2, -0.15) is 11.8 Å². The Kier molecular flexibility index (Phi) is 8.48. The molecule has 4 nitrogen and oxygen atoms in total. The lowest BCUT2D eigenvalue weighted by Crippen LogP contribution is -2.39. The summed E-state index contributed by atoms with van der Waals surface area (Å²) in [6, 6.07) is 0. The highest BCUT2D eigenvalue weighted by Gasteiger charge is 2.09. The summed E-state index contributed by atoms with van der Waals surface area (Å²) in [5.74, 6) is 2.65. The summed E-state index contributed by atoms with van der Waals surface area (Å²) in [4.78, 5) is 13.9. The van der Waals surface area contributed by atoms with E-state index in [0.717, 1.165) is 52.0 Å². The van der Waals surface area contributed by atoms with Crippen LogP contribution in [-0.2, 0) is 4.79 Å². The highest BCUT2D eigenvalue weighted by molar-refractivity contribution is 7.99. The molecular formula is C12H25N3OS. The third-order valence-corrected chi connectivity index (χ3v) is 3.90. The van der Waals surface area contributed by atoms with E-state index in [1.807, 2.05) is 11.8 Å². The Bertz CT molecular complexity index is 208. The molecule has 1 aliphatic heterocycles. The van der Waals surface area contributed by atoms with Crippen LogP contribution in [0.5, 0.6) is 0 Å². The molecule has 0 aromatic heterocycles. The summed E-state index contributed by atoms with van der Waals surface area (Å²) >= 11 is 2.01. The lowest BCUT2D eigenvalue weighted by molar-refractivity contribution is -0.121. The zero-order valence-electron chi connectivity index (χ0n) is 10.6. The minimum atomic E-state index is 0.188. The van der Waals surface area contributed by atoms with Gasteiger partial charge < -0.3 is 11.1 Å². The SMILES string of the molecule is NCCCCCC(=O)NCCN1CCSCC1. The monoisotopic (exact) mass is 259 g/mol. The molecule has 0 spiro atoms. The fraction of sp³-hybridized carbons (Fsp3) is 0.917. The zero-order valence-corrected chi connectivity index (χ0v) is 11.4. The Balaban J connectivity index is 1.92. The van der Waals surface area contributed by atoms with Crippen LogP contribution in [0.2, 0.25) is 0 Å². The van der Waals surface area contributed by atoms with E-state index in [9.17, 15) is 4.79 Å². The first-order valence-corrected chi connectivity index (χ1v) is 7.75. The number of rotatable bonds is 8. The molecule has 0 atom stereocenters. The lowest BCUT2D eigenvalue weighted by atomic mass is 10.2. The van der Waals surface area contributed by atoms with Gasteiger partial charge in [0.2, 0.25) is 5.91 Å².